The van der Waals surface area contributed by atoms with Crippen molar-refractivity contribution in [3.63, 3.8) is 0 Å². The minimum atomic E-state index is -0.455. The molecule has 0 aliphatic carbocycles. The van der Waals surface area contributed by atoms with Crippen molar-refractivity contribution in [3.05, 3.63) is 83.6 Å². The molecule has 130 valence electrons. The number of esters is 1. The summed E-state index contributed by atoms with van der Waals surface area (Å²) in [6.07, 6.45) is 2.04. The van der Waals surface area contributed by atoms with Gasteiger partial charge in [-0.2, -0.15) is 0 Å². The molecule has 2 aromatic heterocycles. The van der Waals surface area contributed by atoms with Crippen molar-refractivity contribution >= 4 is 5.97 Å². The van der Waals surface area contributed by atoms with E-state index in [1.54, 1.807) is 6.07 Å². The Balaban J connectivity index is 1.76. The molecular weight excluding hydrogens is 316 g/mol. The van der Waals surface area contributed by atoms with Crippen LogP contribution in [-0.4, -0.2) is 22.5 Å². The van der Waals surface area contributed by atoms with Crippen LogP contribution in [0.3, 0.4) is 0 Å². The third kappa shape index (κ3) is 4.39. The van der Waals surface area contributed by atoms with Gasteiger partial charge in [0.25, 0.3) is 0 Å². The minimum absolute atomic E-state index is 0.232. The van der Waals surface area contributed by atoms with E-state index in [9.17, 15) is 4.79 Å². The summed E-state index contributed by atoms with van der Waals surface area (Å²) in [6, 6.07) is 18.0. The Kier molecular flexibility index (Phi) is 5.36. The molecule has 3 rings (SSSR count). The lowest BCUT2D eigenvalue weighted by atomic mass is 10.2. The summed E-state index contributed by atoms with van der Waals surface area (Å²) in [5, 5.41) is 0. The van der Waals surface area contributed by atoms with Gasteiger partial charge in [0.1, 0.15) is 5.76 Å². The van der Waals surface area contributed by atoms with Crippen molar-refractivity contribution in [2.75, 3.05) is 7.11 Å². The zero-order chi connectivity index (χ0) is 17.6. The van der Waals surface area contributed by atoms with Gasteiger partial charge in [-0.25, -0.2) is 4.79 Å². The molecule has 0 unspecified atom stereocenters. The number of hydrogen-bond donors (Lipinski definition) is 0. The number of methoxy groups -OCH3 is 1. The molecule has 0 N–H and O–H groups in total. The van der Waals surface area contributed by atoms with E-state index in [0.29, 0.717) is 6.54 Å². The zero-order valence-electron chi connectivity index (χ0n) is 14.5. The molecular formula is C20H22N2O3. The van der Waals surface area contributed by atoms with Gasteiger partial charge in [-0.1, -0.05) is 30.3 Å². The fourth-order valence-corrected chi connectivity index (χ4v) is 2.79. The predicted molar refractivity (Wildman–Crippen MR) is 94.9 cm³/mol. The molecule has 0 radical (unpaired) electrons. The molecule has 1 aromatic carbocycles. The second kappa shape index (κ2) is 7.85. The topological polar surface area (TPSA) is 47.6 Å². The highest BCUT2D eigenvalue weighted by Crippen LogP contribution is 2.16. The first-order chi connectivity index (χ1) is 12.2. The van der Waals surface area contributed by atoms with Crippen LogP contribution in [0, 0.1) is 0 Å². The Hall–Kier alpha value is -2.79. The van der Waals surface area contributed by atoms with E-state index in [1.807, 2.05) is 43.6 Å². The lowest BCUT2D eigenvalue weighted by Crippen LogP contribution is -2.23. The smallest absolute Gasteiger partial charge is 0.373 e. The molecule has 5 nitrogen and oxygen atoms in total. The SMILES string of the molecule is COC(=O)c1ccc(CN(Cc2ccccc2)Cc2cccn2C)o1. The molecule has 0 saturated carbocycles. The van der Waals surface area contributed by atoms with Crippen molar-refractivity contribution in [2.45, 2.75) is 19.6 Å². The number of carbonyl (C=O) groups is 1. The number of carbonyl (C=O) groups excluding carboxylic acids is 1. The number of aromatic nitrogens is 1. The van der Waals surface area contributed by atoms with E-state index in [-0.39, 0.29) is 5.76 Å². The number of furan rings is 1. The molecule has 0 atom stereocenters. The van der Waals surface area contributed by atoms with E-state index in [1.165, 1.54) is 18.4 Å². The Morgan fingerprint density at radius 2 is 1.84 bits per heavy atom. The van der Waals surface area contributed by atoms with Crippen molar-refractivity contribution in [2.24, 2.45) is 7.05 Å². The molecule has 0 amide bonds. The molecule has 25 heavy (non-hydrogen) atoms. The monoisotopic (exact) mass is 338 g/mol. The summed E-state index contributed by atoms with van der Waals surface area (Å²) in [5.74, 6) is 0.518. The maximum atomic E-state index is 11.6. The second-order valence-corrected chi connectivity index (χ2v) is 6.00. The molecule has 0 spiro atoms. The first-order valence-corrected chi connectivity index (χ1v) is 8.19. The van der Waals surface area contributed by atoms with Crippen LogP contribution >= 0.6 is 0 Å². The first-order valence-electron chi connectivity index (χ1n) is 8.19. The maximum absolute atomic E-state index is 11.6. The van der Waals surface area contributed by atoms with E-state index in [2.05, 4.69) is 27.7 Å². The number of hydrogen-bond acceptors (Lipinski definition) is 4. The summed E-state index contributed by atoms with van der Waals surface area (Å²) in [6.45, 7) is 2.18. The van der Waals surface area contributed by atoms with Gasteiger partial charge < -0.3 is 13.7 Å². The summed E-state index contributed by atoms with van der Waals surface area (Å²) >= 11 is 0. The number of rotatable bonds is 7. The van der Waals surface area contributed by atoms with Gasteiger partial charge in [0.15, 0.2) is 0 Å². The van der Waals surface area contributed by atoms with E-state index in [0.717, 1.165) is 18.8 Å². The Morgan fingerprint density at radius 1 is 1.04 bits per heavy atom. The predicted octanol–water partition coefficient (Wildman–Crippen LogP) is 3.61. The maximum Gasteiger partial charge on any atom is 0.373 e. The number of benzene rings is 1. The molecule has 5 heteroatoms. The zero-order valence-corrected chi connectivity index (χ0v) is 14.5. The number of aryl methyl sites for hydroxylation is 1. The van der Waals surface area contributed by atoms with Gasteiger partial charge in [0.05, 0.1) is 13.7 Å². The third-order valence-corrected chi connectivity index (χ3v) is 4.11. The van der Waals surface area contributed by atoms with E-state index >= 15 is 0 Å². The van der Waals surface area contributed by atoms with Crippen LogP contribution in [0.4, 0.5) is 0 Å². The van der Waals surface area contributed by atoms with Crippen molar-refractivity contribution < 1.29 is 13.9 Å². The normalized spacial score (nSPS) is 11.0. The largest absolute Gasteiger partial charge is 0.463 e. The summed E-state index contributed by atoms with van der Waals surface area (Å²) < 4.78 is 12.4. The molecule has 2 heterocycles. The molecule has 3 aromatic rings. The van der Waals surface area contributed by atoms with Gasteiger partial charge >= 0.3 is 5.97 Å². The van der Waals surface area contributed by atoms with Gasteiger partial charge in [0.2, 0.25) is 5.76 Å². The second-order valence-electron chi connectivity index (χ2n) is 6.00. The minimum Gasteiger partial charge on any atom is -0.463 e. The fourth-order valence-electron chi connectivity index (χ4n) is 2.79. The van der Waals surface area contributed by atoms with Gasteiger partial charge in [0, 0.05) is 32.0 Å². The summed E-state index contributed by atoms with van der Waals surface area (Å²) in [7, 11) is 3.39. The van der Waals surface area contributed by atoms with Crippen LogP contribution in [0.5, 0.6) is 0 Å². The Morgan fingerprint density at radius 3 is 2.52 bits per heavy atom. The standard InChI is InChI=1S/C20H22N2O3/c1-21-12-6-9-17(21)14-22(13-16-7-4-3-5-8-16)15-18-10-11-19(25-18)20(23)24-2/h3-12H,13-15H2,1-2H3. The lowest BCUT2D eigenvalue weighted by molar-refractivity contribution is 0.0560. The van der Waals surface area contributed by atoms with Crippen LogP contribution < -0.4 is 0 Å². The van der Waals surface area contributed by atoms with Crippen LogP contribution in [0.2, 0.25) is 0 Å². The number of nitrogens with zero attached hydrogens (tertiary/aromatic N) is 2. The highest BCUT2D eigenvalue weighted by Gasteiger charge is 2.15. The van der Waals surface area contributed by atoms with Crippen molar-refractivity contribution in [1.29, 1.82) is 0 Å². The van der Waals surface area contributed by atoms with Gasteiger partial charge in [-0.15, -0.1) is 0 Å². The molecule has 0 fully saturated rings. The quantitative estimate of drug-likeness (QED) is 0.618. The van der Waals surface area contributed by atoms with Crippen LogP contribution in [-0.2, 0) is 31.4 Å². The third-order valence-electron chi connectivity index (χ3n) is 4.11. The van der Waals surface area contributed by atoms with Crippen LogP contribution in [0.15, 0.2) is 65.2 Å². The lowest BCUT2D eigenvalue weighted by Gasteiger charge is -2.22. The highest BCUT2D eigenvalue weighted by molar-refractivity contribution is 5.86. The molecule has 0 aliphatic rings. The van der Waals surface area contributed by atoms with E-state index in [4.69, 9.17) is 9.15 Å². The van der Waals surface area contributed by atoms with Gasteiger partial charge in [-0.05, 0) is 29.8 Å². The Labute approximate surface area is 147 Å². The highest BCUT2D eigenvalue weighted by atomic mass is 16.5. The van der Waals surface area contributed by atoms with Gasteiger partial charge in [-0.3, -0.25) is 4.90 Å². The van der Waals surface area contributed by atoms with Crippen molar-refractivity contribution in [3.8, 4) is 0 Å². The first kappa shape index (κ1) is 17.0. The summed E-state index contributed by atoms with van der Waals surface area (Å²) in [5.41, 5.74) is 2.45. The van der Waals surface area contributed by atoms with Crippen LogP contribution in [0.25, 0.3) is 0 Å². The van der Waals surface area contributed by atoms with Crippen molar-refractivity contribution in [1.82, 2.24) is 9.47 Å². The summed E-state index contributed by atoms with van der Waals surface area (Å²) in [4.78, 5) is 13.9. The average Bonchev–Trinajstić information content (AvgIpc) is 3.25. The molecule has 0 saturated heterocycles. The number of ether oxygens (including phenoxy) is 1. The van der Waals surface area contributed by atoms with Crippen LogP contribution in [0.1, 0.15) is 27.6 Å². The molecule has 0 bridgehead atoms. The Bertz CT molecular complexity index is 820. The van der Waals surface area contributed by atoms with E-state index < -0.39 is 5.97 Å². The fraction of sp³-hybridized carbons (Fsp3) is 0.250. The average molecular weight is 338 g/mol. The molecule has 0 aliphatic heterocycles.